The second-order valence-corrected chi connectivity index (χ2v) is 16.7. The normalized spacial score (nSPS) is 11.5. The third kappa shape index (κ3) is 42.2. The number of carbonyl (C=O) groups is 4. The molecule has 0 unspecified atom stereocenters. The van der Waals surface area contributed by atoms with E-state index in [1.165, 1.54) is 38.5 Å². The summed E-state index contributed by atoms with van der Waals surface area (Å²) >= 11 is 0.104. The molecule has 0 amide bonds. The minimum atomic E-state index is -1.48. The minimum absolute atomic E-state index is 0.104. The molecule has 45 heavy (non-hydrogen) atoms. The first-order valence-electron chi connectivity index (χ1n) is 17.2. The van der Waals surface area contributed by atoms with E-state index in [-0.39, 0.29) is 45.1 Å². The molecule has 9 heteroatoms. The van der Waals surface area contributed by atoms with Crippen LogP contribution < -0.4 is 20.4 Å². The Kier molecular flexibility index (Phi) is 37.0. The van der Waals surface area contributed by atoms with Crippen molar-refractivity contribution in [3.8, 4) is 0 Å². The SMILES string of the molecule is CC(C)CCCCC/C(=C/C(=O)[O-])C(=O)[O-].CC(C)CCCCC/C(=C/C(=O)[O-])C(=O)[O-].CCCCC[CH2][Sn+4][CH2]CCCCC. The molecule has 6 radical (unpaired) electrons. The van der Waals surface area contributed by atoms with E-state index < -0.39 is 23.9 Å². The molecule has 0 N–H and O–H groups in total. The van der Waals surface area contributed by atoms with Crippen molar-refractivity contribution in [1.29, 1.82) is 0 Å². The van der Waals surface area contributed by atoms with Crippen LogP contribution in [-0.4, -0.2) is 45.0 Å². The first-order valence-corrected chi connectivity index (χ1v) is 21.3. The number of hydrogen-bond acceptors (Lipinski definition) is 8. The predicted octanol–water partition coefficient (Wildman–Crippen LogP) is 4.73. The average Bonchev–Trinajstić information content (AvgIpc) is 2.94. The van der Waals surface area contributed by atoms with Gasteiger partial charge in [0.15, 0.2) is 0 Å². The molecule has 0 rings (SSSR count). The van der Waals surface area contributed by atoms with E-state index in [0.29, 0.717) is 36.8 Å². The van der Waals surface area contributed by atoms with Crippen molar-refractivity contribution in [2.75, 3.05) is 0 Å². The summed E-state index contributed by atoms with van der Waals surface area (Å²) in [6, 6.07) is 0. The first kappa shape index (κ1) is 47.6. The number of carbonyl (C=O) groups excluding carboxylic acids is 4. The van der Waals surface area contributed by atoms with Gasteiger partial charge in [-0.25, -0.2) is 0 Å². The van der Waals surface area contributed by atoms with E-state index in [1.807, 2.05) is 0 Å². The maximum atomic E-state index is 10.5. The van der Waals surface area contributed by atoms with Gasteiger partial charge in [-0.15, -0.1) is 0 Å². The summed E-state index contributed by atoms with van der Waals surface area (Å²) in [5.41, 5.74) is -0.380. The molecule has 0 atom stereocenters. The van der Waals surface area contributed by atoms with E-state index in [9.17, 15) is 39.6 Å². The number of aliphatic carboxylic acids is 4. The molecule has 0 aliphatic rings. The zero-order valence-electron chi connectivity index (χ0n) is 29.2. The molecule has 8 nitrogen and oxygen atoms in total. The summed E-state index contributed by atoms with van der Waals surface area (Å²) in [5.74, 6) is -4.54. The Morgan fingerprint density at radius 3 is 1.11 bits per heavy atom. The number of carboxylic acid groups (broad SMARTS) is 4. The van der Waals surface area contributed by atoms with Crippen molar-refractivity contribution in [2.24, 2.45) is 11.8 Å². The molecule has 0 fully saturated rings. The summed E-state index contributed by atoms with van der Waals surface area (Å²) in [7, 11) is 0. The Labute approximate surface area is 284 Å². The van der Waals surface area contributed by atoms with Crippen LogP contribution in [0.15, 0.2) is 23.3 Å². The fourth-order valence-electron chi connectivity index (χ4n) is 4.32. The van der Waals surface area contributed by atoms with Gasteiger partial charge in [-0.1, -0.05) is 66.2 Å². The second kappa shape index (κ2) is 35.0. The van der Waals surface area contributed by atoms with Crippen LogP contribution in [0.2, 0.25) is 8.87 Å². The van der Waals surface area contributed by atoms with Gasteiger partial charge >= 0.3 is 95.2 Å². The molecule has 0 aromatic rings. The Morgan fingerprint density at radius 2 is 0.844 bits per heavy atom. The quantitative estimate of drug-likeness (QED) is 0.0699. The van der Waals surface area contributed by atoms with Crippen molar-refractivity contribution in [1.82, 2.24) is 0 Å². The maximum absolute atomic E-state index is 10.5. The van der Waals surface area contributed by atoms with Crippen molar-refractivity contribution in [3.63, 3.8) is 0 Å². The van der Waals surface area contributed by atoms with Gasteiger partial charge < -0.3 is 39.6 Å². The number of rotatable bonds is 26. The molecular weight excluding hydrogens is 679 g/mol. The molecule has 0 heterocycles. The number of unbranched alkanes of at least 4 members (excludes halogenated alkanes) is 10. The topological polar surface area (TPSA) is 161 Å². The van der Waals surface area contributed by atoms with Crippen LogP contribution in [-0.2, 0) is 19.2 Å². The molecule has 0 bridgehead atoms. The van der Waals surface area contributed by atoms with E-state index in [0.717, 1.165) is 38.5 Å². The Morgan fingerprint density at radius 1 is 0.511 bits per heavy atom. The molecule has 0 spiro atoms. The van der Waals surface area contributed by atoms with Crippen LogP contribution in [0.1, 0.15) is 157 Å². The van der Waals surface area contributed by atoms with Gasteiger partial charge in [0.1, 0.15) is 0 Å². The summed E-state index contributed by atoms with van der Waals surface area (Å²) in [4.78, 5) is 41.5. The summed E-state index contributed by atoms with van der Waals surface area (Å²) in [6.45, 7) is 13.1. The predicted molar refractivity (Wildman–Crippen MR) is 176 cm³/mol. The molecule has 0 saturated heterocycles. The van der Waals surface area contributed by atoms with Gasteiger partial charge in [-0.2, -0.15) is 0 Å². The molecule has 0 aromatic heterocycles. The van der Waals surface area contributed by atoms with Crippen molar-refractivity contribution < 1.29 is 39.6 Å². The monoisotopic (exact) mass is 742 g/mol. The van der Waals surface area contributed by atoms with Gasteiger partial charge in [-0.3, -0.25) is 0 Å². The molecule has 0 aliphatic heterocycles. The standard InChI is InChI=1S/2C12H20O4.2C6H13.Sn/c2*1-9(2)6-4-3-5-7-10(12(15)16)8-11(13)14;2*1-3-5-6-4-2;/h2*8-9H,3-7H2,1-2H3,(H,13,14)(H,15,16);2*1,3-6H2,2H3;/q;;;;+4/p-4/b2*10-8-;;;. The van der Waals surface area contributed by atoms with Crippen molar-refractivity contribution in [3.05, 3.63) is 23.3 Å². The van der Waals surface area contributed by atoms with Crippen LogP contribution in [0.5, 0.6) is 0 Å². The zero-order valence-corrected chi connectivity index (χ0v) is 32.1. The molecule has 0 saturated carbocycles. The summed E-state index contributed by atoms with van der Waals surface area (Å²) < 4.78 is 3.30. The average molecular weight is 742 g/mol. The fraction of sp³-hybridized carbons (Fsp3) is 0.778. The number of hydrogen-bond donors (Lipinski definition) is 0. The first-order chi connectivity index (χ1) is 21.3. The van der Waals surface area contributed by atoms with Crippen LogP contribution in [0.25, 0.3) is 0 Å². The fourth-order valence-corrected chi connectivity index (χ4v) is 7.89. The van der Waals surface area contributed by atoms with Gasteiger partial charge in [0.2, 0.25) is 0 Å². The molecule has 0 aromatic carbocycles. The van der Waals surface area contributed by atoms with Crippen LogP contribution in [0, 0.1) is 11.8 Å². The summed E-state index contributed by atoms with van der Waals surface area (Å²) in [6.07, 6.45) is 20.9. The molecule has 258 valence electrons. The van der Waals surface area contributed by atoms with E-state index in [1.54, 1.807) is 21.7 Å². The third-order valence-electron chi connectivity index (χ3n) is 6.98. The third-order valence-corrected chi connectivity index (χ3v) is 11.0. The van der Waals surface area contributed by atoms with Gasteiger partial charge in [-0.05, 0) is 60.8 Å². The van der Waals surface area contributed by atoms with E-state index in [4.69, 9.17) is 0 Å². The number of carboxylic acids is 4. The van der Waals surface area contributed by atoms with Crippen molar-refractivity contribution >= 4 is 45.0 Å². The second-order valence-electron chi connectivity index (χ2n) is 12.4. The van der Waals surface area contributed by atoms with E-state index >= 15 is 0 Å². The summed E-state index contributed by atoms with van der Waals surface area (Å²) in [5, 5.41) is 41.5. The van der Waals surface area contributed by atoms with Crippen molar-refractivity contribution in [2.45, 2.75) is 166 Å². The van der Waals surface area contributed by atoms with Gasteiger partial charge in [0.05, 0.1) is 23.9 Å². The van der Waals surface area contributed by atoms with Crippen LogP contribution >= 0.6 is 0 Å². The van der Waals surface area contributed by atoms with Crippen LogP contribution in [0.3, 0.4) is 0 Å². The Bertz CT molecular complexity index is 752. The zero-order chi connectivity index (χ0) is 34.9. The molecular formula is C36H62O8Sn. The molecule has 0 aliphatic carbocycles. The van der Waals surface area contributed by atoms with Gasteiger partial charge in [0.25, 0.3) is 0 Å². The van der Waals surface area contributed by atoms with E-state index in [2.05, 4.69) is 41.5 Å². The Hall–Kier alpha value is -1.84. The van der Waals surface area contributed by atoms with Gasteiger partial charge in [0, 0.05) is 0 Å². The Balaban J connectivity index is -0.000000592. The van der Waals surface area contributed by atoms with Crippen LogP contribution in [0.4, 0.5) is 0 Å².